The Kier molecular flexibility index (Phi) is 6.64. The van der Waals surface area contributed by atoms with E-state index in [0.29, 0.717) is 36.6 Å². The van der Waals surface area contributed by atoms with Crippen molar-refractivity contribution in [2.75, 3.05) is 31.2 Å². The van der Waals surface area contributed by atoms with Crippen LogP contribution in [0.3, 0.4) is 0 Å². The number of thioether (sulfide) groups is 1. The van der Waals surface area contributed by atoms with Gasteiger partial charge in [-0.1, -0.05) is 67.2 Å². The van der Waals surface area contributed by atoms with E-state index in [0.717, 1.165) is 35.4 Å². The summed E-state index contributed by atoms with van der Waals surface area (Å²) in [5.41, 5.74) is 4.45. The van der Waals surface area contributed by atoms with E-state index in [9.17, 15) is 0 Å². The summed E-state index contributed by atoms with van der Waals surface area (Å²) < 4.78 is 13.2. The van der Waals surface area contributed by atoms with Crippen molar-refractivity contribution in [2.45, 2.75) is 37.6 Å². The van der Waals surface area contributed by atoms with Crippen LogP contribution >= 0.6 is 11.8 Å². The van der Waals surface area contributed by atoms with Gasteiger partial charge in [-0.05, 0) is 36.1 Å². The lowest BCUT2D eigenvalue weighted by Gasteiger charge is -2.28. The molecule has 1 saturated heterocycles. The number of benzene rings is 2. The summed E-state index contributed by atoms with van der Waals surface area (Å²) >= 11 is 1.54. The lowest BCUT2D eigenvalue weighted by atomic mass is 10.0. The predicted octanol–water partition coefficient (Wildman–Crippen LogP) is 4.88. The zero-order chi connectivity index (χ0) is 23.5. The van der Waals surface area contributed by atoms with Crippen molar-refractivity contribution in [1.29, 1.82) is 0 Å². The van der Waals surface area contributed by atoms with Gasteiger partial charge in [-0.3, -0.25) is 4.57 Å². The minimum absolute atomic E-state index is 0.486. The van der Waals surface area contributed by atoms with Gasteiger partial charge >= 0.3 is 0 Å². The van der Waals surface area contributed by atoms with E-state index in [-0.39, 0.29) is 0 Å². The molecule has 0 amide bonds. The molecule has 2 aromatic heterocycles. The van der Waals surface area contributed by atoms with E-state index < -0.39 is 0 Å². The van der Waals surface area contributed by atoms with Gasteiger partial charge in [0.1, 0.15) is 0 Å². The molecular formula is C25H28N6O2S. The van der Waals surface area contributed by atoms with Crippen LogP contribution in [0.15, 0.2) is 58.2 Å². The topological polar surface area (TPSA) is 82.1 Å². The van der Waals surface area contributed by atoms with Crippen LogP contribution < -0.4 is 4.90 Å². The fourth-order valence-electron chi connectivity index (χ4n) is 3.89. The third-order valence-corrected chi connectivity index (χ3v) is 6.71. The molecule has 0 radical (unpaired) electrons. The van der Waals surface area contributed by atoms with E-state index in [1.54, 1.807) is 0 Å². The second-order valence-corrected chi connectivity index (χ2v) is 9.58. The highest BCUT2D eigenvalue weighted by Crippen LogP contribution is 2.30. The summed E-state index contributed by atoms with van der Waals surface area (Å²) in [6.07, 6.45) is 0. The van der Waals surface area contributed by atoms with Crippen molar-refractivity contribution in [3.05, 3.63) is 65.5 Å². The first-order chi connectivity index (χ1) is 16.6. The molecule has 34 heavy (non-hydrogen) atoms. The van der Waals surface area contributed by atoms with Gasteiger partial charge in [0.15, 0.2) is 5.16 Å². The van der Waals surface area contributed by atoms with Crippen molar-refractivity contribution in [3.8, 4) is 17.1 Å². The number of anilines is 1. The molecule has 1 aliphatic heterocycles. The summed E-state index contributed by atoms with van der Waals surface area (Å²) in [5.74, 6) is 2.97. The first-order valence-electron chi connectivity index (χ1n) is 11.5. The molecule has 1 fully saturated rings. The van der Waals surface area contributed by atoms with Crippen LogP contribution in [0.1, 0.15) is 36.8 Å². The van der Waals surface area contributed by atoms with Gasteiger partial charge in [0.25, 0.3) is 0 Å². The molecule has 0 unspecified atom stereocenters. The van der Waals surface area contributed by atoms with E-state index in [1.807, 2.05) is 12.1 Å². The third kappa shape index (κ3) is 4.85. The smallest absolute Gasteiger partial charge is 0.237 e. The van der Waals surface area contributed by atoms with E-state index in [4.69, 9.17) is 9.26 Å². The molecule has 176 valence electrons. The monoisotopic (exact) mass is 476 g/mol. The zero-order valence-corrected chi connectivity index (χ0v) is 20.5. The third-order valence-electron chi connectivity index (χ3n) is 5.80. The van der Waals surface area contributed by atoms with Crippen LogP contribution in [-0.2, 0) is 10.5 Å². The Hall–Kier alpha value is -3.17. The standard InChI is InChI=1S/C25H28N6O2S/c1-17(2)19-7-9-20(10-8-19)23-26-22(33-29-23)16-34-25-28-27-24(30-11-13-32-14-12-30)31(25)21-6-4-5-18(3)15-21/h4-10,15,17H,11-14,16H2,1-3H3. The van der Waals surface area contributed by atoms with Crippen LogP contribution in [0.25, 0.3) is 17.1 Å². The van der Waals surface area contributed by atoms with Crippen LogP contribution in [0.2, 0.25) is 0 Å². The molecule has 0 atom stereocenters. The summed E-state index contributed by atoms with van der Waals surface area (Å²) in [5, 5.41) is 14.0. The average Bonchev–Trinajstić information content (AvgIpc) is 3.51. The molecule has 3 heterocycles. The molecule has 0 N–H and O–H groups in total. The molecule has 5 rings (SSSR count). The predicted molar refractivity (Wildman–Crippen MR) is 133 cm³/mol. The number of aromatic nitrogens is 5. The molecular weight excluding hydrogens is 448 g/mol. The fourth-order valence-corrected chi connectivity index (χ4v) is 4.68. The van der Waals surface area contributed by atoms with Gasteiger partial charge in [-0.2, -0.15) is 4.98 Å². The number of rotatable bonds is 7. The Bertz CT molecular complexity index is 1240. The minimum Gasteiger partial charge on any atom is -0.378 e. The van der Waals surface area contributed by atoms with E-state index >= 15 is 0 Å². The maximum Gasteiger partial charge on any atom is 0.237 e. The summed E-state index contributed by atoms with van der Waals surface area (Å²) in [4.78, 5) is 6.82. The molecule has 9 heteroatoms. The van der Waals surface area contributed by atoms with Gasteiger partial charge in [-0.25, -0.2) is 0 Å². The Morgan fingerprint density at radius 1 is 1.03 bits per heavy atom. The Morgan fingerprint density at radius 2 is 1.82 bits per heavy atom. The fraction of sp³-hybridized carbons (Fsp3) is 0.360. The van der Waals surface area contributed by atoms with E-state index in [1.165, 1.54) is 22.9 Å². The summed E-state index contributed by atoms with van der Waals surface area (Å²) in [6.45, 7) is 9.40. The van der Waals surface area contributed by atoms with Gasteiger partial charge in [0.05, 0.1) is 24.7 Å². The molecule has 2 aromatic carbocycles. The van der Waals surface area contributed by atoms with Gasteiger partial charge in [0.2, 0.25) is 17.7 Å². The minimum atomic E-state index is 0.486. The van der Waals surface area contributed by atoms with Gasteiger partial charge < -0.3 is 14.2 Å². The molecule has 0 saturated carbocycles. The number of aryl methyl sites for hydroxylation is 1. The van der Waals surface area contributed by atoms with Crippen molar-refractivity contribution in [3.63, 3.8) is 0 Å². The van der Waals surface area contributed by atoms with Crippen molar-refractivity contribution >= 4 is 17.7 Å². The number of nitrogens with zero attached hydrogens (tertiary/aromatic N) is 6. The average molecular weight is 477 g/mol. The maximum absolute atomic E-state index is 5.54. The first-order valence-corrected chi connectivity index (χ1v) is 12.5. The highest BCUT2D eigenvalue weighted by molar-refractivity contribution is 7.98. The largest absolute Gasteiger partial charge is 0.378 e. The molecule has 0 aliphatic carbocycles. The molecule has 8 nitrogen and oxygen atoms in total. The Morgan fingerprint density at radius 3 is 2.56 bits per heavy atom. The quantitative estimate of drug-likeness (QED) is 0.349. The van der Waals surface area contributed by atoms with Crippen molar-refractivity contribution < 1.29 is 9.26 Å². The zero-order valence-electron chi connectivity index (χ0n) is 19.6. The normalized spacial score (nSPS) is 14.2. The number of hydrogen-bond donors (Lipinski definition) is 0. The summed E-state index contributed by atoms with van der Waals surface area (Å²) in [6, 6.07) is 16.7. The number of ether oxygens (including phenoxy) is 1. The number of morpholine rings is 1. The number of hydrogen-bond acceptors (Lipinski definition) is 8. The second kappa shape index (κ2) is 9.99. The molecule has 0 bridgehead atoms. The first kappa shape index (κ1) is 22.6. The van der Waals surface area contributed by atoms with Crippen LogP contribution in [-0.4, -0.2) is 51.2 Å². The van der Waals surface area contributed by atoms with Crippen LogP contribution in [0, 0.1) is 6.92 Å². The lowest BCUT2D eigenvalue weighted by molar-refractivity contribution is 0.122. The lowest BCUT2D eigenvalue weighted by Crippen LogP contribution is -2.37. The van der Waals surface area contributed by atoms with Crippen molar-refractivity contribution in [2.24, 2.45) is 0 Å². The Labute approximate surface area is 203 Å². The second-order valence-electron chi connectivity index (χ2n) is 8.63. The maximum atomic E-state index is 5.54. The Balaban J connectivity index is 1.37. The van der Waals surface area contributed by atoms with Crippen LogP contribution in [0.4, 0.5) is 5.95 Å². The molecule has 4 aromatic rings. The van der Waals surface area contributed by atoms with Gasteiger partial charge in [0, 0.05) is 18.7 Å². The highest BCUT2D eigenvalue weighted by atomic mass is 32.2. The molecule has 1 aliphatic rings. The van der Waals surface area contributed by atoms with Gasteiger partial charge in [-0.15, -0.1) is 10.2 Å². The van der Waals surface area contributed by atoms with Crippen LogP contribution in [0.5, 0.6) is 0 Å². The SMILES string of the molecule is Cc1cccc(-n2c(SCc3nc(-c4ccc(C(C)C)cc4)no3)nnc2N2CCOCC2)c1. The summed E-state index contributed by atoms with van der Waals surface area (Å²) in [7, 11) is 0. The highest BCUT2D eigenvalue weighted by Gasteiger charge is 2.22. The van der Waals surface area contributed by atoms with E-state index in [2.05, 4.69) is 87.0 Å². The van der Waals surface area contributed by atoms with Crippen molar-refractivity contribution in [1.82, 2.24) is 24.9 Å². The molecule has 0 spiro atoms.